The third kappa shape index (κ3) is 5.33. The highest BCUT2D eigenvalue weighted by Crippen LogP contribution is 2.31. The summed E-state index contributed by atoms with van der Waals surface area (Å²) in [5.74, 6) is -2.64. The van der Waals surface area contributed by atoms with Crippen molar-refractivity contribution in [2.24, 2.45) is 0 Å². The van der Waals surface area contributed by atoms with Crippen LogP contribution in [0.1, 0.15) is 26.3 Å². The fourth-order valence-electron chi connectivity index (χ4n) is 2.71. The van der Waals surface area contributed by atoms with Crippen LogP contribution in [0.2, 0.25) is 5.02 Å². The predicted octanol–water partition coefficient (Wildman–Crippen LogP) is 4.12. The maximum absolute atomic E-state index is 12.6. The second-order valence-corrected chi connectivity index (χ2v) is 8.46. The molecule has 3 aromatic rings. The smallest absolute Gasteiger partial charge is 0.336 e. The van der Waals surface area contributed by atoms with E-state index in [1.54, 1.807) is 18.2 Å². The van der Waals surface area contributed by atoms with Gasteiger partial charge in [0.1, 0.15) is 12.4 Å². The molecule has 0 saturated carbocycles. The van der Waals surface area contributed by atoms with Crippen LogP contribution in [0.25, 0.3) is 0 Å². The zero-order chi connectivity index (χ0) is 22.6. The van der Waals surface area contributed by atoms with E-state index in [4.69, 9.17) is 21.4 Å². The van der Waals surface area contributed by atoms with E-state index in [2.05, 4.69) is 4.72 Å². The van der Waals surface area contributed by atoms with Gasteiger partial charge in [-0.15, -0.1) is 0 Å². The first-order valence-electron chi connectivity index (χ1n) is 8.77. The summed E-state index contributed by atoms with van der Waals surface area (Å²) in [4.78, 5) is 22.6. The number of carboxylic acids is 2. The number of sulfonamides is 1. The summed E-state index contributed by atoms with van der Waals surface area (Å²) >= 11 is 6.01. The van der Waals surface area contributed by atoms with E-state index in [-0.39, 0.29) is 34.1 Å². The van der Waals surface area contributed by atoms with Gasteiger partial charge in [0.05, 0.1) is 21.7 Å². The lowest BCUT2D eigenvalue weighted by atomic mass is 10.0. The van der Waals surface area contributed by atoms with Crippen molar-refractivity contribution in [3.05, 3.63) is 88.4 Å². The van der Waals surface area contributed by atoms with Gasteiger partial charge in [-0.05, 0) is 42.0 Å². The lowest BCUT2D eigenvalue weighted by Crippen LogP contribution is -2.14. The van der Waals surface area contributed by atoms with Crippen LogP contribution < -0.4 is 9.46 Å². The number of hydrogen-bond acceptors (Lipinski definition) is 5. The number of carboxylic acid groups (broad SMARTS) is 2. The van der Waals surface area contributed by atoms with Crippen LogP contribution in [-0.4, -0.2) is 30.6 Å². The number of benzene rings is 3. The van der Waals surface area contributed by atoms with Crippen molar-refractivity contribution in [3.8, 4) is 5.75 Å². The van der Waals surface area contributed by atoms with Crippen LogP contribution in [-0.2, 0) is 16.6 Å². The van der Waals surface area contributed by atoms with Crippen molar-refractivity contribution in [1.29, 1.82) is 0 Å². The zero-order valence-electron chi connectivity index (χ0n) is 15.8. The van der Waals surface area contributed by atoms with Gasteiger partial charge in [0.25, 0.3) is 10.0 Å². The molecule has 0 radical (unpaired) electrons. The Morgan fingerprint density at radius 3 is 2.23 bits per heavy atom. The van der Waals surface area contributed by atoms with Gasteiger partial charge in [-0.25, -0.2) is 18.0 Å². The minimum Gasteiger partial charge on any atom is -0.487 e. The third-order valence-electron chi connectivity index (χ3n) is 4.18. The first kappa shape index (κ1) is 22.1. The molecule has 0 amide bonds. The van der Waals surface area contributed by atoms with Crippen molar-refractivity contribution in [2.75, 3.05) is 4.72 Å². The maximum Gasteiger partial charge on any atom is 0.336 e. The molecule has 8 nitrogen and oxygen atoms in total. The molecule has 0 atom stereocenters. The average molecular weight is 462 g/mol. The predicted molar refractivity (Wildman–Crippen MR) is 113 cm³/mol. The summed E-state index contributed by atoms with van der Waals surface area (Å²) in [7, 11) is -3.88. The quantitative estimate of drug-likeness (QED) is 0.460. The summed E-state index contributed by atoms with van der Waals surface area (Å²) < 4.78 is 33.3. The summed E-state index contributed by atoms with van der Waals surface area (Å²) in [5.41, 5.74) is -0.229. The van der Waals surface area contributed by atoms with E-state index in [0.717, 1.165) is 0 Å². The van der Waals surface area contributed by atoms with E-state index in [0.29, 0.717) is 10.6 Å². The molecule has 0 aliphatic carbocycles. The Hall–Kier alpha value is -3.56. The minimum atomic E-state index is -3.88. The van der Waals surface area contributed by atoms with E-state index >= 15 is 0 Å². The fourth-order valence-corrected chi connectivity index (χ4v) is 3.96. The van der Waals surface area contributed by atoms with Crippen molar-refractivity contribution in [3.63, 3.8) is 0 Å². The van der Waals surface area contributed by atoms with E-state index in [1.807, 2.05) is 0 Å². The normalized spacial score (nSPS) is 11.0. The average Bonchev–Trinajstić information content (AvgIpc) is 2.74. The molecule has 160 valence electrons. The van der Waals surface area contributed by atoms with E-state index in [9.17, 15) is 23.1 Å². The first-order chi connectivity index (χ1) is 14.7. The third-order valence-corrected chi connectivity index (χ3v) is 5.80. The van der Waals surface area contributed by atoms with Gasteiger partial charge < -0.3 is 14.9 Å². The zero-order valence-corrected chi connectivity index (χ0v) is 17.4. The van der Waals surface area contributed by atoms with Gasteiger partial charge in [0, 0.05) is 11.1 Å². The number of halogens is 1. The Bertz CT molecular complexity index is 1240. The highest BCUT2D eigenvalue weighted by Gasteiger charge is 2.18. The first-order valence-corrected chi connectivity index (χ1v) is 10.6. The van der Waals surface area contributed by atoms with Crippen LogP contribution in [0.5, 0.6) is 5.75 Å². The summed E-state index contributed by atoms with van der Waals surface area (Å²) in [5, 5.41) is 18.6. The van der Waals surface area contributed by atoms with Crippen LogP contribution >= 0.6 is 11.6 Å². The summed E-state index contributed by atoms with van der Waals surface area (Å²) in [6.45, 7) is -0.152. The molecule has 0 aliphatic heterocycles. The molecule has 10 heteroatoms. The van der Waals surface area contributed by atoms with Crippen molar-refractivity contribution in [2.45, 2.75) is 11.5 Å². The Morgan fingerprint density at radius 2 is 1.58 bits per heavy atom. The maximum atomic E-state index is 12.6. The Morgan fingerprint density at radius 1 is 0.903 bits per heavy atom. The van der Waals surface area contributed by atoms with Gasteiger partial charge in [0.2, 0.25) is 0 Å². The lowest BCUT2D eigenvalue weighted by Gasteiger charge is -2.15. The Labute approximate surface area is 182 Å². The number of ether oxygens (including phenoxy) is 1. The second-order valence-electron chi connectivity index (χ2n) is 6.34. The van der Waals surface area contributed by atoms with Crippen molar-refractivity contribution < 1.29 is 33.0 Å². The van der Waals surface area contributed by atoms with Crippen LogP contribution in [0.3, 0.4) is 0 Å². The Kier molecular flexibility index (Phi) is 6.47. The van der Waals surface area contributed by atoms with Crippen LogP contribution in [0.15, 0.2) is 71.6 Å². The van der Waals surface area contributed by atoms with E-state index < -0.39 is 22.0 Å². The molecular formula is C21H16ClNO7S. The van der Waals surface area contributed by atoms with Crippen molar-refractivity contribution >= 4 is 39.3 Å². The van der Waals surface area contributed by atoms with E-state index in [1.165, 1.54) is 48.5 Å². The highest BCUT2D eigenvalue weighted by molar-refractivity contribution is 7.92. The lowest BCUT2D eigenvalue weighted by molar-refractivity contribution is 0.0651. The number of anilines is 1. The van der Waals surface area contributed by atoms with Gasteiger partial charge in [0.15, 0.2) is 0 Å². The summed E-state index contributed by atoms with van der Waals surface area (Å²) in [6.07, 6.45) is 0. The molecule has 3 rings (SSSR count). The SMILES string of the molecule is O=C(O)c1ccc(COc2cc(Cl)ccc2NS(=O)(=O)c2ccccc2)cc1C(=O)O. The molecule has 0 aromatic heterocycles. The van der Waals surface area contributed by atoms with Gasteiger partial charge in [-0.1, -0.05) is 35.9 Å². The Balaban J connectivity index is 1.86. The molecule has 31 heavy (non-hydrogen) atoms. The minimum absolute atomic E-state index is 0.0614. The molecule has 0 spiro atoms. The molecule has 3 N–H and O–H groups in total. The van der Waals surface area contributed by atoms with Crippen molar-refractivity contribution in [1.82, 2.24) is 0 Å². The molecule has 3 aromatic carbocycles. The number of nitrogens with one attached hydrogen (secondary N) is 1. The molecule has 0 heterocycles. The number of carbonyl (C=O) groups is 2. The van der Waals surface area contributed by atoms with Crippen LogP contribution in [0, 0.1) is 0 Å². The molecule has 0 aliphatic rings. The van der Waals surface area contributed by atoms with Gasteiger partial charge >= 0.3 is 11.9 Å². The molecule has 0 bridgehead atoms. The van der Waals surface area contributed by atoms with Gasteiger partial charge in [-0.3, -0.25) is 4.72 Å². The molecule has 0 fully saturated rings. The second kappa shape index (κ2) is 9.07. The number of hydrogen-bond donors (Lipinski definition) is 3. The number of aromatic carboxylic acids is 2. The molecular weight excluding hydrogens is 446 g/mol. The van der Waals surface area contributed by atoms with Gasteiger partial charge in [-0.2, -0.15) is 0 Å². The summed E-state index contributed by atoms with van der Waals surface area (Å²) in [6, 6.07) is 15.9. The molecule has 0 saturated heterocycles. The van der Waals surface area contributed by atoms with Crippen LogP contribution in [0.4, 0.5) is 5.69 Å². The fraction of sp³-hybridized carbons (Fsp3) is 0.0476. The topological polar surface area (TPSA) is 130 Å². The standard InChI is InChI=1S/C21H16ClNO7S/c22-14-7-9-18(23-31(28,29)15-4-2-1-3-5-15)19(11-14)30-12-13-6-8-16(20(24)25)17(10-13)21(26)27/h1-11,23H,12H2,(H,24,25)(H,26,27). The monoisotopic (exact) mass is 461 g/mol. The number of rotatable bonds is 8. The largest absolute Gasteiger partial charge is 0.487 e. The molecule has 0 unspecified atom stereocenters. The highest BCUT2D eigenvalue weighted by atomic mass is 35.5.